The van der Waals surface area contributed by atoms with Gasteiger partial charge in [-0.15, -0.1) is 16.8 Å². The predicted molar refractivity (Wildman–Crippen MR) is 145 cm³/mol. The maximum absolute atomic E-state index is 13.0. The summed E-state index contributed by atoms with van der Waals surface area (Å²) in [4.78, 5) is 36.2. The molecular formula is C26H30N6O5S. The average molecular weight is 539 g/mol. The SMILES string of the molecule is C=CCn1c(SCC(=O)Nc2cc([N+](=O)[O-])ccc2C)nnc1C(NC(=O)c1ccc(OC)cc1)C(C)C. The summed E-state index contributed by atoms with van der Waals surface area (Å²) in [5.74, 6) is 0.574. The Bertz CT molecular complexity index is 1320. The largest absolute Gasteiger partial charge is 0.497 e. The second kappa shape index (κ2) is 12.9. The lowest BCUT2D eigenvalue weighted by atomic mass is 10.0. The predicted octanol–water partition coefficient (Wildman–Crippen LogP) is 4.55. The summed E-state index contributed by atoms with van der Waals surface area (Å²) in [6.45, 7) is 9.87. The average Bonchev–Trinajstić information content (AvgIpc) is 3.29. The Labute approximate surface area is 224 Å². The zero-order valence-electron chi connectivity index (χ0n) is 21.6. The standard InChI is InChI=1S/C26H30N6O5S/c1-6-13-31-24(23(16(2)3)28-25(34)18-8-11-20(37-5)12-9-18)29-30-26(31)38-15-22(33)27-21-14-19(32(35)36)10-7-17(21)4/h6-12,14,16,23H,1,13,15H2,2-5H3,(H,27,33)(H,28,34). The van der Waals surface area contributed by atoms with Gasteiger partial charge in [0.05, 0.1) is 29.5 Å². The number of benzene rings is 2. The van der Waals surface area contributed by atoms with Gasteiger partial charge in [-0.3, -0.25) is 19.7 Å². The molecular weight excluding hydrogens is 508 g/mol. The quantitative estimate of drug-likeness (QED) is 0.148. The van der Waals surface area contributed by atoms with Crippen LogP contribution in [0.15, 0.2) is 60.3 Å². The topological polar surface area (TPSA) is 141 Å². The molecule has 2 amide bonds. The van der Waals surface area contributed by atoms with Crippen LogP contribution in [0.5, 0.6) is 5.75 Å². The number of nitro benzene ring substituents is 1. The number of rotatable bonds is 12. The van der Waals surface area contributed by atoms with Crippen molar-refractivity contribution in [1.82, 2.24) is 20.1 Å². The Balaban J connectivity index is 1.75. The van der Waals surface area contributed by atoms with Crippen LogP contribution in [0.25, 0.3) is 0 Å². The third-order valence-corrected chi connectivity index (χ3v) is 6.65. The molecule has 3 rings (SSSR count). The smallest absolute Gasteiger partial charge is 0.271 e. The maximum Gasteiger partial charge on any atom is 0.271 e. The molecule has 2 aromatic carbocycles. The number of nitrogens with one attached hydrogen (secondary N) is 2. The minimum Gasteiger partial charge on any atom is -0.497 e. The van der Waals surface area contributed by atoms with Crippen molar-refractivity contribution in [3.05, 3.63) is 82.2 Å². The number of thioether (sulfide) groups is 1. The van der Waals surface area contributed by atoms with Crippen LogP contribution in [-0.2, 0) is 11.3 Å². The molecule has 1 unspecified atom stereocenters. The first-order valence-corrected chi connectivity index (χ1v) is 12.8. The number of amides is 2. The van der Waals surface area contributed by atoms with Crippen molar-refractivity contribution < 1.29 is 19.2 Å². The Morgan fingerprint density at radius 3 is 2.53 bits per heavy atom. The van der Waals surface area contributed by atoms with Crippen LogP contribution in [0.3, 0.4) is 0 Å². The minimum absolute atomic E-state index is 0.00195. The first kappa shape index (κ1) is 28.4. The summed E-state index contributed by atoms with van der Waals surface area (Å²) < 4.78 is 6.96. The van der Waals surface area contributed by atoms with Crippen LogP contribution in [0, 0.1) is 23.0 Å². The van der Waals surface area contributed by atoms with Crippen molar-refractivity contribution in [3.8, 4) is 5.75 Å². The van der Waals surface area contributed by atoms with Gasteiger partial charge in [0.2, 0.25) is 5.91 Å². The molecule has 1 heterocycles. The number of hydrogen-bond donors (Lipinski definition) is 2. The molecule has 0 aliphatic carbocycles. The van der Waals surface area contributed by atoms with Gasteiger partial charge in [-0.05, 0) is 42.7 Å². The third-order valence-electron chi connectivity index (χ3n) is 5.68. The van der Waals surface area contributed by atoms with E-state index in [4.69, 9.17) is 4.74 Å². The van der Waals surface area contributed by atoms with Gasteiger partial charge in [0, 0.05) is 24.2 Å². The second-order valence-electron chi connectivity index (χ2n) is 8.76. The molecule has 0 aliphatic heterocycles. The van der Waals surface area contributed by atoms with Gasteiger partial charge in [0.25, 0.3) is 11.6 Å². The molecule has 2 N–H and O–H groups in total. The number of non-ortho nitro benzene ring substituents is 1. The van der Waals surface area contributed by atoms with Gasteiger partial charge >= 0.3 is 0 Å². The molecule has 0 fully saturated rings. The van der Waals surface area contributed by atoms with E-state index in [0.29, 0.717) is 40.1 Å². The van der Waals surface area contributed by atoms with E-state index in [9.17, 15) is 19.7 Å². The number of carbonyl (C=O) groups excluding carboxylic acids is 2. The number of aryl methyl sites for hydroxylation is 1. The molecule has 0 saturated carbocycles. The van der Waals surface area contributed by atoms with E-state index < -0.39 is 11.0 Å². The minimum atomic E-state index is -0.512. The molecule has 1 aromatic heterocycles. The summed E-state index contributed by atoms with van der Waals surface area (Å²) in [5, 5.41) is 25.9. The highest BCUT2D eigenvalue weighted by Crippen LogP contribution is 2.27. The molecule has 200 valence electrons. The van der Waals surface area contributed by atoms with E-state index in [-0.39, 0.29) is 29.2 Å². The van der Waals surface area contributed by atoms with Gasteiger partial charge in [0.15, 0.2) is 11.0 Å². The monoisotopic (exact) mass is 538 g/mol. The fourth-order valence-electron chi connectivity index (χ4n) is 3.61. The Hall–Kier alpha value is -4.19. The van der Waals surface area contributed by atoms with E-state index in [1.165, 1.54) is 23.9 Å². The molecule has 0 saturated heterocycles. The number of aromatic nitrogens is 3. The number of allylic oxidation sites excluding steroid dienone is 1. The maximum atomic E-state index is 13.0. The number of hydrogen-bond acceptors (Lipinski definition) is 8. The van der Waals surface area contributed by atoms with Crippen molar-refractivity contribution in [2.24, 2.45) is 5.92 Å². The van der Waals surface area contributed by atoms with Gasteiger partial charge in [-0.2, -0.15) is 0 Å². The number of methoxy groups -OCH3 is 1. The van der Waals surface area contributed by atoms with Crippen LogP contribution in [-0.4, -0.2) is 44.4 Å². The lowest BCUT2D eigenvalue weighted by Crippen LogP contribution is -2.33. The zero-order chi connectivity index (χ0) is 27.8. The van der Waals surface area contributed by atoms with Crippen LogP contribution in [0.1, 0.15) is 41.6 Å². The van der Waals surface area contributed by atoms with Crippen molar-refractivity contribution in [1.29, 1.82) is 0 Å². The number of ether oxygens (including phenoxy) is 1. The summed E-state index contributed by atoms with van der Waals surface area (Å²) in [5.41, 5.74) is 1.46. The molecule has 38 heavy (non-hydrogen) atoms. The van der Waals surface area contributed by atoms with Crippen molar-refractivity contribution in [2.45, 2.75) is 38.5 Å². The Morgan fingerprint density at radius 2 is 1.92 bits per heavy atom. The van der Waals surface area contributed by atoms with E-state index in [1.54, 1.807) is 50.4 Å². The van der Waals surface area contributed by atoms with Gasteiger partial charge < -0.3 is 19.9 Å². The van der Waals surface area contributed by atoms with Crippen molar-refractivity contribution in [3.63, 3.8) is 0 Å². The molecule has 0 aliphatic rings. The number of anilines is 1. The summed E-state index contributed by atoms with van der Waals surface area (Å²) in [6.07, 6.45) is 1.69. The number of nitro groups is 1. The van der Waals surface area contributed by atoms with E-state index in [1.807, 2.05) is 18.4 Å². The van der Waals surface area contributed by atoms with Crippen LogP contribution in [0.2, 0.25) is 0 Å². The fraction of sp³-hybridized carbons (Fsp3) is 0.308. The molecule has 0 radical (unpaired) electrons. The fourth-order valence-corrected chi connectivity index (χ4v) is 4.36. The van der Waals surface area contributed by atoms with Gasteiger partial charge in [0.1, 0.15) is 5.75 Å². The van der Waals surface area contributed by atoms with E-state index in [2.05, 4.69) is 27.4 Å². The van der Waals surface area contributed by atoms with Crippen molar-refractivity contribution in [2.75, 3.05) is 18.2 Å². The van der Waals surface area contributed by atoms with Crippen molar-refractivity contribution >= 4 is 35.0 Å². The molecule has 12 heteroatoms. The summed E-state index contributed by atoms with van der Waals surface area (Å²) in [6, 6.07) is 10.6. The number of carbonyl (C=O) groups is 2. The Morgan fingerprint density at radius 1 is 1.21 bits per heavy atom. The van der Waals surface area contributed by atoms with Crippen LogP contribution < -0.4 is 15.4 Å². The lowest BCUT2D eigenvalue weighted by Gasteiger charge is -2.22. The second-order valence-corrected chi connectivity index (χ2v) is 9.70. The number of nitrogens with zero attached hydrogens (tertiary/aromatic N) is 4. The molecule has 3 aromatic rings. The highest BCUT2D eigenvalue weighted by Gasteiger charge is 2.26. The lowest BCUT2D eigenvalue weighted by molar-refractivity contribution is -0.384. The first-order chi connectivity index (χ1) is 18.1. The normalized spacial score (nSPS) is 11.6. The molecule has 1 atom stereocenters. The van der Waals surface area contributed by atoms with Gasteiger partial charge in [-0.25, -0.2) is 0 Å². The van der Waals surface area contributed by atoms with Crippen LogP contribution >= 0.6 is 11.8 Å². The summed E-state index contributed by atoms with van der Waals surface area (Å²) in [7, 11) is 1.56. The third kappa shape index (κ3) is 6.97. The summed E-state index contributed by atoms with van der Waals surface area (Å²) >= 11 is 1.17. The zero-order valence-corrected chi connectivity index (χ0v) is 22.4. The van der Waals surface area contributed by atoms with Crippen LogP contribution in [0.4, 0.5) is 11.4 Å². The van der Waals surface area contributed by atoms with E-state index in [0.717, 1.165) is 0 Å². The van der Waals surface area contributed by atoms with E-state index >= 15 is 0 Å². The highest BCUT2D eigenvalue weighted by molar-refractivity contribution is 7.99. The molecule has 0 bridgehead atoms. The Kier molecular flexibility index (Phi) is 9.61. The van der Waals surface area contributed by atoms with Gasteiger partial charge in [-0.1, -0.05) is 37.8 Å². The molecule has 11 nitrogen and oxygen atoms in total. The molecule has 0 spiro atoms. The first-order valence-electron chi connectivity index (χ1n) is 11.8. The highest BCUT2D eigenvalue weighted by atomic mass is 32.2.